The van der Waals surface area contributed by atoms with Gasteiger partial charge in [-0.3, -0.25) is 9.69 Å². The molecule has 0 unspecified atom stereocenters. The lowest BCUT2D eigenvalue weighted by Crippen LogP contribution is -2.60. The molecule has 0 saturated carbocycles. The van der Waals surface area contributed by atoms with E-state index in [2.05, 4.69) is 35.2 Å². The number of hydrogen-bond donors (Lipinski definition) is 0. The van der Waals surface area contributed by atoms with Gasteiger partial charge in [-0.05, 0) is 36.1 Å². The van der Waals surface area contributed by atoms with Crippen molar-refractivity contribution in [1.82, 2.24) is 4.90 Å². The van der Waals surface area contributed by atoms with Crippen LogP contribution in [0, 0.1) is 0 Å². The van der Waals surface area contributed by atoms with Crippen LogP contribution in [0.15, 0.2) is 91.0 Å². The fourth-order valence-electron chi connectivity index (χ4n) is 4.78. The Bertz CT molecular complexity index is 968. The number of amides is 1. The number of nitrogens with zero attached hydrogens (tertiary/aromatic N) is 2. The van der Waals surface area contributed by atoms with Crippen molar-refractivity contribution in [3.8, 4) is 0 Å². The summed E-state index contributed by atoms with van der Waals surface area (Å²) in [5.41, 5.74) is 2.95. The van der Waals surface area contributed by atoms with E-state index in [9.17, 15) is 4.79 Å². The monoisotopic (exact) mass is 428 g/mol. The van der Waals surface area contributed by atoms with Crippen LogP contribution in [0.2, 0.25) is 0 Å². The summed E-state index contributed by atoms with van der Waals surface area (Å²) < 4.78 is 5.73. The van der Waals surface area contributed by atoms with Crippen LogP contribution in [0.25, 0.3) is 0 Å². The van der Waals surface area contributed by atoms with Crippen molar-refractivity contribution in [2.24, 2.45) is 0 Å². The molecule has 0 bridgehead atoms. The van der Waals surface area contributed by atoms with Gasteiger partial charge in [0.05, 0.1) is 18.6 Å². The number of ether oxygens (including phenoxy) is 1. The Balaban J connectivity index is 1.58. The molecule has 1 aliphatic heterocycles. The van der Waals surface area contributed by atoms with E-state index in [1.165, 1.54) is 5.56 Å². The third kappa shape index (κ3) is 5.26. The summed E-state index contributed by atoms with van der Waals surface area (Å²) in [4.78, 5) is 18.2. The van der Waals surface area contributed by atoms with Crippen molar-refractivity contribution in [3.05, 3.63) is 102 Å². The first-order valence-electron chi connectivity index (χ1n) is 11.4. The van der Waals surface area contributed by atoms with Gasteiger partial charge in [0.1, 0.15) is 0 Å². The molecule has 4 heteroatoms. The zero-order valence-electron chi connectivity index (χ0n) is 18.8. The fourth-order valence-corrected chi connectivity index (χ4v) is 4.78. The van der Waals surface area contributed by atoms with Crippen LogP contribution >= 0.6 is 0 Å². The molecule has 1 aliphatic rings. The molecule has 0 aliphatic carbocycles. The van der Waals surface area contributed by atoms with E-state index in [0.29, 0.717) is 13.0 Å². The molecule has 1 amide bonds. The van der Waals surface area contributed by atoms with Gasteiger partial charge in [0.15, 0.2) is 0 Å². The van der Waals surface area contributed by atoms with E-state index in [-0.39, 0.29) is 11.4 Å². The number of benzene rings is 3. The molecule has 4 rings (SSSR count). The minimum atomic E-state index is -0.352. The second kappa shape index (κ2) is 10.6. The maximum absolute atomic E-state index is 13.7. The predicted octanol–water partition coefficient (Wildman–Crippen LogP) is 4.94. The van der Waals surface area contributed by atoms with E-state index in [4.69, 9.17) is 4.74 Å². The van der Waals surface area contributed by atoms with E-state index in [0.717, 1.165) is 43.7 Å². The van der Waals surface area contributed by atoms with Crippen molar-refractivity contribution in [3.63, 3.8) is 0 Å². The van der Waals surface area contributed by atoms with Gasteiger partial charge in [0, 0.05) is 32.4 Å². The van der Waals surface area contributed by atoms with Gasteiger partial charge in [0.2, 0.25) is 5.91 Å². The number of rotatable bonds is 8. The van der Waals surface area contributed by atoms with Gasteiger partial charge in [-0.15, -0.1) is 0 Å². The minimum Gasteiger partial charge on any atom is -0.382 e. The second-order valence-corrected chi connectivity index (χ2v) is 8.65. The maximum atomic E-state index is 13.7. The lowest BCUT2D eigenvalue weighted by Gasteiger charge is -2.48. The number of piperidine rings is 1. The first-order valence-corrected chi connectivity index (χ1v) is 11.4. The Morgan fingerprint density at radius 2 is 1.38 bits per heavy atom. The number of hydrogen-bond acceptors (Lipinski definition) is 3. The molecule has 32 heavy (non-hydrogen) atoms. The first-order chi connectivity index (χ1) is 15.7. The molecular weight excluding hydrogens is 396 g/mol. The summed E-state index contributed by atoms with van der Waals surface area (Å²) in [6.45, 7) is 3.33. The van der Waals surface area contributed by atoms with Crippen LogP contribution in [-0.2, 0) is 22.5 Å². The molecular formula is C28H32N2O2. The van der Waals surface area contributed by atoms with E-state index in [1.807, 2.05) is 65.6 Å². The summed E-state index contributed by atoms with van der Waals surface area (Å²) in [5, 5.41) is 0. The summed E-state index contributed by atoms with van der Waals surface area (Å²) in [5.74, 6) is 0.121. The number of likely N-dealkylation sites (tertiary alicyclic amines) is 1. The standard InChI is InChI=1S/C28H32N2O2/c1-32-23-28(17-19-29(20-18-28)22-25-13-7-3-8-14-25)30(26-15-9-4-10-16-26)27(31)21-24-11-5-2-6-12-24/h2-16H,17-23H2,1H3. The van der Waals surface area contributed by atoms with E-state index >= 15 is 0 Å². The summed E-state index contributed by atoms with van der Waals surface area (Å²) >= 11 is 0. The summed E-state index contributed by atoms with van der Waals surface area (Å²) in [6, 6.07) is 30.7. The molecule has 166 valence electrons. The van der Waals surface area contributed by atoms with Crippen molar-refractivity contribution in [2.75, 3.05) is 31.7 Å². The van der Waals surface area contributed by atoms with Crippen LogP contribution in [0.3, 0.4) is 0 Å². The van der Waals surface area contributed by atoms with E-state index < -0.39 is 0 Å². The molecule has 3 aromatic carbocycles. The Labute approximate surface area is 191 Å². The molecule has 1 saturated heterocycles. The van der Waals surface area contributed by atoms with Gasteiger partial charge in [-0.1, -0.05) is 78.9 Å². The highest BCUT2D eigenvalue weighted by Gasteiger charge is 2.43. The Morgan fingerprint density at radius 1 is 0.844 bits per heavy atom. The molecule has 1 fully saturated rings. The molecule has 0 aromatic heterocycles. The van der Waals surface area contributed by atoms with Gasteiger partial charge < -0.3 is 9.64 Å². The molecule has 0 spiro atoms. The van der Waals surface area contributed by atoms with Gasteiger partial charge in [-0.2, -0.15) is 0 Å². The number of methoxy groups -OCH3 is 1. The van der Waals surface area contributed by atoms with Gasteiger partial charge >= 0.3 is 0 Å². The van der Waals surface area contributed by atoms with Crippen LogP contribution in [0.1, 0.15) is 24.0 Å². The van der Waals surface area contributed by atoms with Crippen LogP contribution in [0.5, 0.6) is 0 Å². The Hall–Kier alpha value is -2.95. The zero-order valence-corrected chi connectivity index (χ0v) is 18.8. The van der Waals surface area contributed by atoms with Gasteiger partial charge in [-0.25, -0.2) is 0 Å². The fraction of sp³-hybridized carbons (Fsp3) is 0.321. The minimum absolute atomic E-state index is 0.121. The van der Waals surface area contributed by atoms with Crippen LogP contribution in [0.4, 0.5) is 5.69 Å². The predicted molar refractivity (Wildman–Crippen MR) is 130 cm³/mol. The molecule has 1 heterocycles. The van der Waals surface area contributed by atoms with Crippen molar-refractivity contribution < 1.29 is 9.53 Å². The highest BCUT2D eigenvalue weighted by Crippen LogP contribution is 2.35. The zero-order chi connectivity index (χ0) is 22.2. The Morgan fingerprint density at radius 3 is 1.94 bits per heavy atom. The second-order valence-electron chi connectivity index (χ2n) is 8.65. The Kier molecular flexibility index (Phi) is 7.35. The number of anilines is 1. The third-order valence-corrected chi connectivity index (χ3v) is 6.39. The first kappa shape index (κ1) is 22.3. The highest BCUT2D eigenvalue weighted by molar-refractivity contribution is 5.96. The molecule has 0 radical (unpaired) electrons. The SMILES string of the molecule is COCC1(N(C(=O)Cc2ccccc2)c2ccccc2)CCN(Cc2ccccc2)CC1. The molecule has 0 atom stereocenters. The van der Waals surface area contributed by atoms with Crippen molar-refractivity contribution in [2.45, 2.75) is 31.3 Å². The molecule has 0 N–H and O–H groups in total. The summed E-state index contributed by atoms with van der Waals surface area (Å²) in [6.07, 6.45) is 2.14. The van der Waals surface area contributed by atoms with Crippen LogP contribution in [-0.4, -0.2) is 43.2 Å². The number of para-hydroxylation sites is 1. The summed E-state index contributed by atoms with van der Waals surface area (Å²) in [7, 11) is 1.74. The highest BCUT2D eigenvalue weighted by atomic mass is 16.5. The lowest BCUT2D eigenvalue weighted by atomic mass is 9.85. The van der Waals surface area contributed by atoms with Crippen molar-refractivity contribution >= 4 is 11.6 Å². The largest absolute Gasteiger partial charge is 0.382 e. The molecule has 3 aromatic rings. The number of carbonyl (C=O) groups excluding carboxylic acids is 1. The smallest absolute Gasteiger partial charge is 0.232 e. The van der Waals surface area contributed by atoms with Crippen molar-refractivity contribution in [1.29, 1.82) is 0 Å². The normalized spacial score (nSPS) is 15.9. The van der Waals surface area contributed by atoms with Crippen LogP contribution < -0.4 is 4.90 Å². The average Bonchev–Trinajstić information content (AvgIpc) is 2.83. The molecule has 4 nitrogen and oxygen atoms in total. The van der Waals surface area contributed by atoms with E-state index in [1.54, 1.807) is 7.11 Å². The number of carbonyl (C=O) groups is 1. The quantitative estimate of drug-likeness (QED) is 0.509. The third-order valence-electron chi connectivity index (χ3n) is 6.39. The topological polar surface area (TPSA) is 32.8 Å². The maximum Gasteiger partial charge on any atom is 0.232 e. The van der Waals surface area contributed by atoms with Gasteiger partial charge in [0.25, 0.3) is 0 Å². The lowest BCUT2D eigenvalue weighted by molar-refractivity contribution is -0.120. The average molecular weight is 429 g/mol.